The fraction of sp³-hybridized carbons (Fsp3) is 0.450. The summed E-state index contributed by atoms with van der Waals surface area (Å²) >= 11 is 1.41. The zero-order valence-electron chi connectivity index (χ0n) is 16.4. The molecule has 0 spiro atoms. The minimum Gasteiger partial charge on any atom is -0.453 e. The molecule has 2 aromatic heterocycles. The number of likely N-dealkylation sites (tertiary alicyclic amines) is 1. The summed E-state index contributed by atoms with van der Waals surface area (Å²) in [4.78, 5) is 59.4. The summed E-state index contributed by atoms with van der Waals surface area (Å²) in [6.07, 6.45) is 3.99. The zero-order chi connectivity index (χ0) is 20.9. The summed E-state index contributed by atoms with van der Waals surface area (Å²) in [6, 6.07) is 0. The molecule has 3 atom stereocenters. The predicted octanol–water partition coefficient (Wildman–Crippen LogP) is 2.16. The summed E-state index contributed by atoms with van der Waals surface area (Å²) in [7, 11) is 0. The molecule has 2 amide bonds. The van der Waals surface area contributed by atoms with Crippen molar-refractivity contribution in [2.45, 2.75) is 39.7 Å². The predicted molar refractivity (Wildman–Crippen MR) is 106 cm³/mol. The van der Waals surface area contributed by atoms with E-state index >= 15 is 0 Å². The summed E-state index contributed by atoms with van der Waals surface area (Å²) in [6.45, 7) is 4.94. The normalized spacial score (nSPS) is 22.2. The van der Waals surface area contributed by atoms with E-state index in [0.717, 1.165) is 15.3 Å². The van der Waals surface area contributed by atoms with Crippen LogP contribution in [0.25, 0.3) is 10.2 Å². The number of allylic oxidation sites excluding steroid dienone is 2. The van der Waals surface area contributed by atoms with Gasteiger partial charge in [0.15, 0.2) is 11.9 Å². The maximum atomic E-state index is 12.5. The highest BCUT2D eigenvalue weighted by Gasteiger charge is 2.47. The van der Waals surface area contributed by atoms with Gasteiger partial charge in [-0.05, 0) is 39.2 Å². The van der Waals surface area contributed by atoms with Gasteiger partial charge in [0.05, 0.1) is 17.2 Å². The summed E-state index contributed by atoms with van der Waals surface area (Å²) in [5.41, 5.74) is 0.605. The van der Waals surface area contributed by atoms with E-state index in [9.17, 15) is 19.2 Å². The molecule has 1 aliphatic heterocycles. The first-order valence-electron chi connectivity index (χ1n) is 9.47. The number of nitrogens with one attached hydrogen (secondary N) is 1. The Morgan fingerprint density at radius 1 is 1.24 bits per heavy atom. The molecule has 0 unspecified atom stereocenters. The Balaban J connectivity index is 1.48. The lowest BCUT2D eigenvalue weighted by Gasteiger charge is -2.17. The molecule has 0 radical (unpaired) electrons. The number of carbonyl (C=O) groups is 3. The highest BCUT2D eigenvalue weighted by atomic mass is 32.1. The topological polar surface area (TPSA) is 109 Å². The smallest absolute Gasteiger partial charge is 0.326 e. The fourth-order valence-corrected chi connectivity index (χ4v) is 4.95. The molecule has 0 bridgehead atoms. The SMILES string of the molecule is Cc1sc2nc([C@@H](C)OC(=O)CN3C(=O)[C@H]4CC=CC[C@H]4C3=O)[nH]c(=O)c2c1C. The van der Waals surface area contributed by atoms with Crippen LogP contribution in [-0.2, 0) is 19.1 Å². The number of esters is 1. The molecule has 3 heterocycles. The molecule has 0 aromatic carbocycles. The first-order valence-corrected chi connectivity index (χ1v) is 10.3. The van der Waals surface area contributed by atoms with Crippen molar-refractivity contribution in [1.82, 2.24) is 14.9 Å². The number of imide groups is 1. The van der Waals surface area contributed by atoms with E-state index in [1.54, 1.807) is 6.92 Å². The lowest BCUT2D eigenvalue weighted by molar-refractivity contribution is -0.156. The Hall–Kier alpha value is -2.81. The third-order valence-corrected chi connectivity index (χ3v) is 6.74. The second kappa shape index (κ2) is 7.22. The number of carbonyl (C=O) groups excluding carboxylic acids is 3. The Bertz CT molecular complexity index is 1090. The molecule has 8 nitrogen and oxygen atoms in total. The molecule has 1 fully saturated rings. The first kappa shape index (κ1) is 19.5. The van der Waals surface area contributed by atoms with Crippen molar-refractivity contribution in [2.75, 3.05) is 6.54 Å². The van der Waals surface area contributed by atoms with Crippen LogP contribution >= 0.6 is 11.3 Å². The van der Waals surface area contributed by atoms with Crippen LogP contribution in [0.5, 0.6) is 0 Å². The summed E-state index contributed by atoms with van der Waals surface area (Å²) < 4.78 is 5.36. The first-order chi connectivity index (χ1) is 13.8. The molecule has 152 valence electrons. The number of amides is 2. The minimum atomic E-state index is -0.820. The van der Waals surface area contributed by atoms with E-state index in [2.05, 4.69) is 9.97 Å². The van der Waals surface area contributed by atoms with Gasteiger partial charge >= 0.3 is 5.97 Å². The largest absolute Gasteiger partial charge is 0.453 e. The van der Waals surface area contributed by atoms with Gasteiger partial charge in [-0.25, -0.2) is 4.98 Å². The quantitative estimate of drug-likeness (QED) is 0.466. The van der Waals surface area contributed by atoms with Crippen molar-refractivity contribution in [1.29, 1.82) is 0 Å². The Morgan fingerprint density at radius 3 is 2.48 bits per heavy atom. The van der Waals surface area contributed by atoms with E-state index in [1.807, 2.05) is 26.0 Å². The molecule has 1 N–H and O–H groups in total. The van der Waals surface area contributed by atoms with Crippen LogP contribution < -0.4 is 5.56 Å². The van der Waals surface area contributed by atoms with E-state index in [0.29, 0.717) is 23.1 Å². The highest BCUT2D eigenvalue weighted by molar-refractivity contribution is 7.18. The summed E-state index contributed by atoms with van der Waals surface area (Å²) in [5.74, 6) is -1.91. The van der Waals surface area contributed by atoms with Crippen LogP contribution in [0.3, 0.4) is 0 Å². The number of fused-ring (bicyclic) bond motifs is 2. The van der Waals surface area contributed by atoms with Crippen molar-refractivity contribution in [3.63, 3.8) is 0 Å². The van der Waals surface area contributed by atoms with Crippen LogP contribution in [0.15, 0.2) is 16.9 Å². The number of hydrogen-bond donors (Lipinski definition) is 1. The van der Waals surface area contributed by atoms with Gasteiger partial charge < -0.3 is 9.72 Å². The third-order valence-electron chi connectivity index (χ3n) is 5.64. The lowest BCUT2D eigenvalue weighted by atomic mass is 9.85. The molecule has 2 aromatic rings. The molecule has 1 saturated heterocycles. The second-order valence-electron chi connectivity index (χ2n) is 7.47. The monoisotopic (exact) mass is 415 g/mol. The van der Waals surface area contributed by atoms with Gasteiger partial charge in [-0.1, -0.05) is 12.2 Å². The molecule has 1 aliphatic carbocycles. The number of aromatic nitrogens is 2. The van der Waals surface area contributed by atoms with Gasteiger partial charge in [0.2, 0.25) is 11.8 Å². The zero-order valence-corrected chi connectivity index (χ0v) is 17.2. The van der Waals surface area contributed by atoms with Crippen LogP contribution in [0.4, 0.5) is 0 Å². The molecular weight excluding hydrogens is 394 g/mol. The highest BCUT2D eigenvalue weighted by Crippen LogP contribution is 2.35. The minimum absolute atomic E-state index is 0.231. The Morgan fingerprint density at radius 2 is 1.86 bits per heavy atom. The average molecular weight is 415 g/mol. The molecule has 0 saturated carbocycles. The van der Waals surface area contributed by atoms with Crippen molar-refractivity contribution in [2.24, 2.45) is 11.8 Å². The standard InChI is InChI=1S/C20H21N3O5S/c1-9-11(3)29-18-15(9)17(25)21-16(22-18)10(2)28-14(24)8-23-19(26)12-6-4-5-7-13(12)20(23)27/h4-5,10,12-13H,6-8H2,1-3H3,(H,21,22,25)/t10-,12-,13+/m1/s1. The molecule has 9 heteroatoms. The average Bonchev–Trinajstić information content (AvgIpc) is 3.10. The maximum Gasteiger partial charge on any atom is 0.326 e. The van der Waals surface area contributed by atoms with Crippen molar-refractivity contribution in [3.8, 4) is 0 Å². The van der Waals surface area contributed by atoms with Crippen LogP contribution in [0, 0.1) is 25.7 Å². The maximum absolute atomic E-state index is 12.5. The van der Waals surface area contributed by atoms with Gasteiger partial charge in [0.25, 0.3) is 5.56 Å². The van der Waals surface area contributed by atoms with Crippen molar-refractivity contribution in [3.05, 3.63) is 38.8 Å². The molecule has 4 rings (SSSR count). The number of H-pyrrole nitrogens is 1. The molecule has 2 aliphatic rings. The van der Waals surface area contributed by atoms with Crippen LogP contribution in [-0.4, -0.2) is 39.2 Å². The van der Waals surface area contributed by atoms with Gasteiger partial charge in [-0.3, -0.25) is 24.1 Å². The van der Waals surface area contributed by atoms with Crippen molar-refractivity contribution >= 4 is 39.3 Å². The second-order valence-corrected chi connectivity index (χ2v) is 8.67. The molecule has 29 heavy (non-hydrogen) atoms. The number of aromatic amines is 1. The van der Waals surface area contributed by atoms with E-state index in [1.165, 1.54) is 11.3 Å². The van der Waals surface area contributed by atoms with Gasteiger partial charge in [0, 0.05) is 4.88 Å². The number of nitrogens with zero attached hydrogens (tertiary/aromatic N) is 2. The van der Waals surface area contributed by atoms with Gasteiger partial charge in [-0.2, -0.15) is 0 Å². The van der Waals surface area contributed by atoms with Gasteiger partial charge in [0.1, 0.15) is 11.4 Å². The fourth-order valence-electron chi connectivity index (χ4n) is 3.91. The lowest BCUT2D eigenvalue weighted by Crippen LogP contribution is -2.37. The number of thiophene rings is 1. The van der Waals surface area contributed by atoms with E-state index in [-0.39, 0.29) is 35.0 Å². The van der Waals surface area contributed by atoms with Crippen LogP contribution in [0.1, 0.15) is 42.1 Å². The van der Waals surface area contributed by atoms with E-state index < -0.39 is 18.6 Å². The summed E-state index contributed by atoms with van der Waals surface area (Å²) in [5, 5.41) is 0.541. The number of aryl methyl sites for hydroxylation is 2. The molecular formula is C20H21N3O5S. The number of rotatable bonds is 4. The number of ether oxygens (including phenoxy) is 1. The van der Waals surface area contributed by atoms with Crippen LogP contribution in [0.2, 0.25) is 0 Å². The van der Waals surface area contributed by atoms with E-state index in [4.69, 9.17) is 4.74 Å². The Kier molecular flexibility index (Phi) is 4.85. The van der Waals surface area contributed by atoms with Crippen molar-refractivity contribution < 1.29 is 19.1 Å². The number of hydrogen-bond acceptors (Lipinski definition) is 7. The Labute approximate surface area is 170 Å². The van der Waals surface area contributed by atoms with Gasteiger partial charge in [-0.15, -0.1) is 11.3 Å². The third kappa shape index (κ3) is 3.29.